The van der Waals surface area contributed by atoms with Crippen molar-refractivity contribution >= 4 is 24.0 Å². The monoisotopic (exact) mass is 70.0 g/mol. The Morgan fingerprint density at radius 3 is 2.25 bits per heavy atom. The third-order valence-corrected chi connectivity index (χ3v) is 0.167. The van der Waals surface area contributed by atoms with Gasteiger partial charge in [-0.15, -0.1) is 0 Å². The Bertz CT molecular complexity index is 20.0. The first kappa shape index (κ1) is 4.20. The van der Waals surface area contributed by atoms with Gasteiger partial charge < -0.3 is 0 Å². The Hall–Kier alpha value is 0.197. The Morgan fingerprint density at radius 2 is 2.25 bits per heavy atom. The molecule has 0 unspecified atom stereocenters. The van der Waals surface area contributed by atoms with Crippen LogP contribution in [0.3, 0.4) is 0 Å². The van der Waals surface area contributed by atoms with Crippen LogP contribution in [-0.4, -0.2) is 24.0 Å². The predicted octanol–water partition coefficient (Wildman–Crippen LogP) is -0.949. The molecule has 2 radical (unpaired) electrons. The van der Waals surface area contributed by atoms with Gasteiger partial charge in [-0.2, -0.15) is 0 Å². The second-order valence-electron chi connectivity index (χ2n) is 0.232. The van der Waals surface area contributed by atoms with Crippen molar-refractivity contribution in [1.29, 1.82) is 0 Å². The molecule has 0 saturated heterocycles. The Morgan fingerprint density at radius 1 is 2.00 bits per heavy atom. The summed E-state index contributed by atoms with van der Waals surface area (Å²) < 4.78 is 12.7. The van der Waals surface area contributed by atoms with Gasteiger partial charge >= 0.3 is 32.4 Å². The fourth-order valence-corrected chi connectivity index (χ4v) is 0. The van der Waals surface area contributed by atoms with Gasteiger partial charge in [-0.05, 0) is 0 Å². The van der Waals surface area contributed by atoms with Gasteiger partial charge in [0.2, 0.25) is 0 Å². The summed E-state index contributed by atoms with van der Waals surface area (Å²) in [6.07, 6.45) is 0. The van der Waals surface area contributed by atoms with Gasteiger partial charge in [0.05, 0.1) is 0 Å². The quantitative estimate of drug-likeness (QED) is 0.372. The molecule has 0 N–H and O–H groups in total. The Balaban J connectivity index is 2.30. The van der Waals surface area contributed by atoms with Gasteiger partial charge in [-0.1, -0.05) is 0 Å². The molecule has 0 amide bonds. The van der Waals surface area contributed by atoms with E-state index in [0.29, 0.717) is 7.35 Å². The van der Waals surface area contributed by atoms with E-state index in [9.17, 15) is 0 Å². The molecular weight excluding hydrogens is 69.8 g/mol. The van der Waals surface area contributed by atoms with Crippen LogP contribution in [0.15, 0.2) is 0 Å². The summed E-state index contributed by atoms with van der Waals surface area (Å²) in [7, 11) is 0.338. The van der Waals surface area contributed by atoms with E-state index in [1.165, 1.54) is 0 Å². The average molecular weight is 69.8 g/mol. The van der Waals surface area contributed by atoms with Crippen LogP contribution >= 0.6 is 0 Å². The van der Waals surface area contributed by atoms with Crippen LogP contribution in [0, 0.1) is 0 Å². The van der Waals surface area contributed by atoms with E-state index < -0.39 is 0 Å². The molecule has 0 bridgehead atoms. The average Bonchev–Trinajstić information content (AvgIpc) is 1.37. The maximum atomic E-state index is 8.93. The van der Waals surface area contributed by atoms with E-state index in [1.807, 2.05) is 0 Å². The molecule has 0 aromatic rings. The summed E-state index contributed by atoms with van der Waals surface area (Å²) in [6.45, 7) is 0. The summed E-state index contributed by atoms with van der Waals surface area (Å²) in [5.74, 6) is 0. The Labute approximate surface area is 33.2 Å². The van der Waals surface area contributed by atoms with Crippen LogP contribution in [-0.2, 0) is 8.41 Å². The van der Waals surface area contributed by atoms with Crippen LogP contribution in [0.5, 0.6) is 0 Å². The first-order chi connectivity index (χ1) is 1.91. The van der Waals surface area contributed by atoms with Gasteiger partial charge in [0.1, 0.15) is 0 Å². The van der Waals surface area contributed by atoms with Crippen molar-refractivity contribution in [3.8, 4) is 0 Å². The van der Waals surface area contributed by atoms with Crippen LogP contribution in [0.2, 0.25) is 0 Å². The normalized spacial score (nSPS) is 4.00. The van der Waals surface area contributed by atoms with Crippen LogP contribution in [0.25, 0.3) is 0 Å². The topological polar surface area (TPSA) is 26.3 Å². The van der Waals surface area contributed by atoms with Crippen molar-refractivity contribution in [3.05, 3.63) is 0 Å². The summed E-state index contributed by atoms with van der Waals surface area (Å²) in [6, 6.07) is 0. The van der Waals surface area contributed by atoms with Crippen molar-refractivity contribution in [2.24, 2.45) is 0 Å². The number of hydrogen-bond acceptors (Lipinski definition) is 2. The predicted molar refractivity (Wildman–Crippen MR) is 13.3 cm³/mol. The van der Waals surface area contributed by atoms with Crippen molar-refractivity contribution in [3.63, 3.8) is 0 Å². The zero-order valence-corrected chi connectivity index (χ0v) is 3.13. The van der Waals surface area contributed by atoms with Gasteiger partial charge in [0.15, 0.2) is 0 Å². The molecule has 0 aromatic heterocycles. The van der Waals surface area contributed by atoms with Crippen LogP contribution in [0.4, 0.5) is 0 Å². The van der Waals surface area contributed by atoms with E-state index >= 15 is 0 Å². The summed E-state index contributed by atoms with van der Waals surface area (Å²) in [5.41, 5.74) is 0. The molecule has 4 heteroatoms. The minimum absolute atomic E-state index is 0.338. The molecule has 18 valence electrons. The summed E-state index contributed by atoms with van der Waals surface area (Å²) >= 11 is 1.79. The van der Waals surface area contributed by atoms with Crippen molar-refractivity contribution in [1.82, 2.24) is 0 Å². The van der Waals surface area contributed by atoms with Gasteiger partial charge in [-0.3, -0.25) is 0 Å². The number of hydrogen-bond donors (Lipinski definition) is 0. The number of rotatable bonds is 1. The molecule has 0 rings (SSSR count). The van der Waals surface area contributed by atoms with E-state index in [2.05, 4.69) is 3.71 Å². The standard InChI is InChI=1S/Al.BO2/c;2-1-3/q+1;-1. The Kier molecular flexibility index (Phi) is 3.36. The van der Waals surface area contributed by atoms with E-state index in [-0.39, 0.29) is 0 Å². The van der Waals surface area contributed by atoms with Gasteiger partial charge in [0.25, 0.3) is 0 Å². The molecule has 0 heterocycles. The fourth-order valence-electron chi connectivity index (χ4n) is 0. The first-order valence-corrected chi connectivity index (χ1v) is 1.18. The molecule has 0 fully saturated rings. The van der Waals surface area contributed by atoms with E-state index in [1.54, 1.807) is 16.6 Å². The molecule has 0 atom stereocenters. The molecule has 0 aliphatic heterocycles. The zero-order chi connectivity index (χ0) is 3.41. The fraction of sp³-hybridized carbons (Fsp3) is 0. The SMILES string of the molecule is O=B[O][Al]. The minimum atomic E-state index is 0.338. The van der Waals surface area contributed by atoms with Crippen molar-refractivity contribution < 1.29 is 8.41 Å². The molecule has 0 aromatic carbocycles. The van der Waals surface area contributed by atoms with E-state index in [0.717, 1.165) is 0 Å². The van der Waals surface area contributed by atoms with Crippen molar-refractivity contribution in [2.45, 2.75) is 0 Å². The molecule has 4 heavy (non-hydrogen) atoms. The summed E-state index contributed by atoms with van der Waals surface area (Å²) in [5, 5.41) is 0. The van der Waals surface area contributed by atoms with Gasteiger partial charge in [0, 0.05) is 0 Å². The molecule has 2 nitrogen and oxygen atoms in total. The maximum absolute atomic E-state index is 8.93. The van der Waals surface area contributed by atoms with Gasteiger partial charge in [-0.25, -0.2) is 0 Å². The molecule has 0 spiro atoms. The first-order valence-electron chi connectivity index (χ1n) is 0.707. The second-order valence-corrected chi connectivity index (χ2v) is 0.504. The van der Waals surface area contributed by atoms with E-state index in [4.69, 9.17) is 4.70 Å². The molecular formula is AlBO2. The molecule has 0 aliphatic rings. The van der Waals surface area contributed by atoms with Crippen LogP contribution in [0.1, 0.15) is 0 Å². The summed E-state index contributed by atoms with van der Waals surface area (Å²) in [4.78, 5) is 0. The third-order valence-electron chi connectivity index (χ3n) is 0.0556. The van der Waals surface area contributed by atoms with Crippen molar-refractivity contribution in [2.75, 3.05) is 0 Å². The third kappa shape index (κ3) is 2.20. The molecule has 0 aliphatic carbocycles. The zero-order valence-electron chi connectivity index (χ0n) is 1.97. The van der Waals surface area contributed by atoms with Crippen LogP contribution < -0.4 is 0 Å². The molecule has 0 saturated carbocycles. The second kappa shape index (κ2) is 3.20.